The first-order valence-corrected chi connectivity index (χ1v) is 5.70. The van der Waals surface area contributed by atoms with Crippen molar-refractivity contribution >= 4 is 11.7 Å². The minimum Gasteiger partial charge on any atom is -0.496 e. The van der Waals surface area contributed by atoms with Crippen LogP contribution in [0.25, 0.3) is 11.1 Å². The van der Waals surface area contributed by atoms with Crippen LogP contribution in [-0.4, -0.2) is 23.1 Å². The maximum absolute atomic E-state index is 11.2. The Kier molecular flexibility index (Phi) is 3.65. The molecule has 0 heterocycles. The van der Waals surface area contributed by atoms with Crippen molar-refractivity contribution in [2.45, 2.75) is 0 Å². The van der Waals surface area contributed by atoms with Gasteiger partial charge in [0.25, 0.3) is 5.69 Å². The molecular formula is C14H11NO5. The fourth-order valence-electron chi connectivity index (χ4n) is 2.00. The van der Waals surface area contributed by atoms with Crippen LogP contribution in [0.15, 0.2) is 42.5 Å². The van der Waals surface area contributed by atoms with Gasteiger partial charge in [-0.3, -0.25) is 10.1 Å². The van der Waals surface area contributed by atoms with E-state index in [0.717, 1.165) is 0 Å². The van der Waals surface area contributed by atoms with E-state index in [-0.39, 0.29) is 11.1 Å². The SMILES string of the molecule is COc1ccccc1-c1cccc(C(=O)O)c1[N+](=O)[O-]. The van der Waals surface area contributed by atoms with Crippen molar-refractivity contribution in [3.63, 3.8) is 0 Å². The third kappa shape index (κ3) is 2.31. The van der Waals surface area contributed by atoms with Crippen molar-refractivity contribution in [2.75, 3.05) is 7.11 Å². The number of benzene rings is 2. The molecule has 6 nitrogen and oxygen atoms in total. The number of nitro groups is 1. The number of carboxylic acid groups (broad SMARTS) is 1. The number of nitrogens with zero attached hydrogens (tertiary/aromatic N) is 1. The van der Waals surface area contributed by atoms with E-state index < -0.39 is 16.6 Å². The zero-order valence-electron chi connectivity index (χ0n) is 10.6. The predicted molar refractivity (Wildman–Crippen MR) is 72.0 cm³/mol. The first kappa shape index (κ1) is 13.5. The first-order chi connectivity index (χ1) is 9.56. The van der Waals surface area contributed by atoms with E-state index in [4.69, 9.17) is 9.84 Å². The Hall–Kier alpha value is -2.89. The van der Waals surface area contributed by atoms with Gasteiger partial charge in [-0.2, -0.15) is 0 Å². The van der Waals surface area contributed by atoms with Gasteiger partial charge < -0.3 is 9.84 Å². The monoisotopic (exact) mass is 273 g/mol. The Bertz CT molecular complexity index is 681. The van der Waals surface area contributed by atoms with Gasteiger partial charge in [0, 0.05) is 5.56 Å². The summed E-state index contributed by atoms with van der Waals surface area (Å²) >= 11 is 0. The topological polar surface area (TPSA) is 89.7 Å². The Balaban J connectivity index is 2.77. The first-order valence-electron chi connectivity index (χ1n) is 5.70. The summed E-state index contributed by atoms with van der Waals surface area (Å²) in [7, 11) is 1.45. The molecule has 0 aliphatic rings. The highest BCUT2D eigenvalue weighted by Crippen LogP contribution is 2.37. The van der Waals surface area contributed by atoms with Crippen LogP contribution in [0.5, 0.6) is 5.75 Å². The fraction of sp³-hybridized carbons (Fsp3) is 0.0714. The van der Waals surface area contributed by atoms with Crippen molar-refractivity contribution in [1.82, 2.24) is 0 Å². The van der Waals surface area contributed by atoms with Crippen LogP contribution >= 0.6 is 0 Å². The molecule has 1 N–H and O–H groups in total. The van der Waals surface area contributed by atoms with E-state index in [2.05, 4.69) is 0 Å². The molecule has 0 unspecified atom stereocenters. The molecule has 102 valence electrons. The molecule has 2 aromatic carbocycles. The fourth-order valence-corrected chi connectivity index (χ4v) is 2.00. The minimum atomic E-state index is -1.34. The van der Waals surface area contributed by atoms with Crippen LogP contribution in [0, 0.1) is 10.1 Å². The van der Waals surface area contributed by atoms with Gasteiger partial charge in [0.2, 0.25) is 0 Å². The highest BCUT2D eigenvalue weighted by molar-refractivity contribution is 5.97. The van der Waals surface area contributed by atoms with Gasteiger partial charge in [-0.25, -0.2) is 4.79 Å². The highest BCUT2D eigenvalue weighted by atomic mass is 16.6. The molecule has 2 aromatic rings. The third-order valence-electron chi connectivity index (χ3n) is 2.85. The summed E-state index contributed by atoms with van der Waals surface area (Å²) in [6, 6.07) is 10.9. The van der Waals surface area contributed by atoms with E-state index in [1.54, 1.807) is 24.3 Å². The van der Waals surface area contributed by atoms with Crippen LogP contribution < -0.4 is 4.74 Å². The average molecular weight is 273 g/mol. The number of methoxy groups -OCH3 is 1. The minimum absolute atomic E-state index is 0.215. The van der Waals surface area contributed by atoms with Crippen LogP contribution in [-0.2, 0) is 0 Å². The molecule has 6 heteroatoms. The second-order valence-corrected chi connectivity index (χ2v) is 3.96. The lowest BCUT2D eigenvalue weighted by atomic mass is 9.99. The number of hydrogen-bond acceptors (Lipinski definition) is 4. The van der Waals surface area contributed by atoms with E-state index in [0.29, 0.717) is 11.3 Å². The smallest absolute Gasteiger partial charge is 0.342 e. The summed E-state index contributed by atoms with van der Waals surface area (Å²) in [5.41, 5.74) is -0.0972. The summed E-state index contributed by atoms with van der Waals surface area (Å²) < 4.78 is 5.16. The van der Waals surface area contributed by atoms with Gasteiger partial charge in [0.05, 0.1) is 17.6 Å². The second kappa shape index (κ2) is 5.40. The normalized spacial score (nSPS) is 10.1. The average Bonchev–Trinajstić information content (AvgIpc) is 2.46. The molecule has 20 heavy (non-hydrogen) atoms. The van der Waals surface area contributed by atoms with Crippen molar-refractivity contribution < 1.29 is 19.6 Å². The lowest BCUT2D eigenvalue weighted by Gasteiger charge is -2.09. The molecule has 0 aliphatic heterocycles. The van der Waals surface area contributed by atoms with Crippen LogP contribution in [0.4, 0.5) is 5.69 Å². The highest BCUT2D eigenvalue weighted by Gasteiger charge is 2.26. The number of carbonyl (C=O) groups is 1. The molecule has 0 atom stereocenters. The molecule has 0 bridgehead atoms. The molecule has 0 fully saturated rings. The van der Waals surface area contributed by atoms with Crippen LogP contribution in [0.2, 0.25) is 0 Å². The standard InChI is InChI=1S/C14H11NO5/c1-20-12-8-3-2-5-9(12)10-6-4-7-11(14(16)17)13(10)15(18)19/h2-8H,1H3,(H,16,17). The van der Waals surface area contributed by atoms with E-state index in [9.17, 15) is 14.9 Å². The van der Waals surface area contributed by atoms with Gasteiger partial charge in [-0.15, -0.1) is 0 Å². The van der Waals surface area contributed by atoms with E-state index >= 15 is 0 Å². The molecule has 0 radical (unpaired) electrons. The molecule has 0 spiro atoms. The third-order valence-corrected chi connectivity index (χ3v) is 2.85. The maximum atomic E-state index is 11.2. The van der Waals surface area contributed by atoms with Crippen molar-refractivity contribution in [1.29, 1.82) is 0 Å². The Morgan fingerprint density at radius 3 is 2.40 bits per heavy atom. The summed E-state index contributed by atoms with van der Waals surface area (Å²) in [4.78, 5) is 21.7. The predicted octanol–water partition coefficient (Wildman–Crippen LogP) is 2.97. The summed E-state index contributed by atoms with van der Waals surface area (Å²) in [6.07, 6.45) is 0. The largest absolute Gasteiger partial charge is 0.496 e. The number of carboxylic acids is 1. The van der Waals surface area contributed by atoms with Gasteiger partial charge >= 0.3 is 5.97 Å². The van der Waals surface area contributed by atoms with Crippen molar-refractivity contribution in [3.8, 4) is 16.9 Å². The van der Waals surface area contributed by atoms with E-state index in [1.807, 2.05) is 0 Å². The zero-order valence-corrected chi connectivity index (χ0v) is 10.6. The summed E-state index contributed by atoms with van der Waals surface area (Å²) in [6.45, 7) is 0. The van der Waals surface area contributed by atoms with Gasteiger partial charge in [-0.1, -0.05) is 24.3 Å². The Labute approximate surface area is 114 Å². The Morgan fingerprint density at radius 1 is 1.15 bits per heavy atom. The van der Waals surface area contributed by atoms with Crippen LogP contribution in [0.3, 0.4) is 0 Å². The van der Waals surface area contributed by atoms with E-state index in [1.165, 1.54) is 25.3 Å². The quantitative estimate of drug-likeness (QED) is 0.683. The van der Waals surface area contributed by atoms with Gasteiger partial charge in [-0.05, 0) is 18.2 Å². The van der Waals surface area contributed by atoms with Crippen LogP contribution in [0.1, 0.15) is 10.4 Å². The number of para-hydroxylation sites is 2. The molecule has 0 saturated carbocycles. The number of ether oxygens (including phenoxy) is 1. The van der Waals surface area contributed by atoms with Crippen molar-refractivity contribution in [3.05, 3.63) is 58.1 Å². The summed E-state index contributed by atoms with van der Waals surface area (Å²) in [5, 5.41) is 20.3. The van der Waals surface area contributed by atoms with Gasteiger partial charge in [0.15, 0.2) is 0 Å². The maximum Gasteiger partial charge on any atom is 0.342 e. The molecule has 0 aliphatic carbocycles. The lowest BCUT2D eigenvalue weighted by molar-refractivity contribution is -0.384. The number of aromatic carboxylic acids is 1. The zero-order chi connectivity index (χ0) is 14.7. The number of nitro benzene ring substituents is 1. The molecule has 0 amide bonds. The summed E-state index contributed by atoms with van der Waals surface area (Å²) in [5.74, 6) is -0.897. The Morgan fingerprint density at radius 2 is 1.80 bits per heavy atom. The molecule has 0 aromatic heterocycles. The molecule has 2 rings (SSSR count). The number of rotatable bonds is 4. The number of hydrogen-bond donors (Lipinski definition) is 1. The molecule has 0 saturated heterocycles. The van der Waals surface area contributed by atoms with Crippen molar-refractivity contribution in [2.24, 2.45) is 0 Å². The molecular weight excluding hydrogens is 262 g/mol. The lowest BCUT2D eigenvalue weighted by Crippen LogP contribution is -2.04. The second-order valence-electron chi connectivity index (χ2n) is 3.96. The van der Waals surface area contributed by atoms with Gasteiger partial charge in [0.1, 0.15) is 11.3 Å².